The van der Waals surface area contributed by atoms with Crippen molar-refractivity contribution in [2.45, 2.75) is 13.3 Å². The average Bonchev–Trinajstić information content (AvgIpc) is 2.87. The number of anilines is 2. The summed E-state index contributed by atoms with van der Waals surface area (Å²) in [6.45, 7) is 3.38. The summed E-state index contributed by atoms with van der Waals surface area (Å²) in [7, 11) is 0. The molecule has 2 aromatic rings. The molecule has 4 nitrogen and oxygen atoms in total. The summed E-state index contributed by atoms with van der Waals surface area (Å²) in [4.78, 5) is 4.24. The third-order valence-corrected chi connectivity index (χ3v) is 3.34. The van der Waals surface area contributed by atoms with Gasteiger partial charge in [-0.1, -0.05) is 6.07 Å². The molecule has 0 amide bonds. The van der Waals surface area contributed by atoms with E-state index < -0.39 is 0 Å². The van der Waals surface area contributed by atoms with Crippen LogP contribution in [0.1, 0.15) is 11.9 Å². The first-order valence-electron chi connectivity index (χ1n) is 5.94. The van der Waals surface area contributed by atoms with Crippen LogP contribution in [0.4, 0.5) is 11.4 Å². The molecule has 3 N–H and O–H groups in total. The zero-order valence-corrected chi connectivity index (χ0v) is 11.2. The SMILES string of the molecule is CCOc1cccc(NCCc2nccs2)c1N. The van der Waals surface area contributed by atoms with E-state index >= 15 is 0 Å². The molecule has 0 saturated carbocycles. The average molecular weight is 263 g/mol. The number of nitrogens with zero attached hydrogens (tertiary/aromatic N) is 1. The van der Waals surface area contributed by atoms with Crippen molar-refractivity contribution < 1.29 is 4.74 Å². The Morgan fingerprint density at radius 1 is 1.44 bits per heavy atom. The van der Waals surface area contributed by atoms with Crippen LogP contribution in [-0.4, -0.2) is 18.1 Å². The Morgan fingerprint density at radius 2 is 2.33 bits per heavy atom. The van der Waals surface area contributed by atoms with E-state index in [2.05, 4.69) is 10.3 Å². The number of aromatic nitrogens is 1. The minimum atomic E-state index is 0.618. The standard InChI is InChI=1S/C13H17N3OS/c1-2-17-11-5-3-4-10(13(11)14)15-7-6-12-16-8-9-18-12/h3-5,8-9,15H,2,6-7,14H2,1H3. The topological polar surface area (TPSA) is 60.2 Å². The second-order valence-electron chi connectivity index (χ2n) is 3.75. The molecule has 0 saturated heterocycles. The predicted molar refractivity (Wildman–Crippen MR) is 76.3 cm³/mol. The van der Waals surface area contributed by atoms with Gasteiger partial charge in [-0.05, 0) is 19.1 Å². The van der Waals surface area contributed by atoms with Gasteiger partial charge in [-0.15, -0.1) is 11.3 Å². The molecule has 0 bridgehead atoms. The summed E-state index contributed by atoms with van der Waals surface area (Å²) in [5.74, 6) is 0.733. The molecule has 0 radical (unpaired) electrons. The van der Waals surface area contributed by atoms with Crippen molar-refractivity contribution in [3.8, 4) is 5.75 Å². The first-order valence-corrected chi connectivity index (χ1v) is 6.82. The molecule has 1 aromatic carbocycles. The fourth-order valence-electron chi connectivity index (χ4n) is 1.66. The largest absolute Gasteiger partial charge is 0.492 e. The summed E-state index contributed by atoms with van der Waals surface area (Å²) >= 11 is 1.67. The van der Waals surface area contributed by atoms with E-state index in [0.717, 1.165) is 29.4 Å². The van der Waals surface area contributed by atoms with E-state index in [1.54, 1.807) is 11.3 Å². The van der Waals surface area contributed by atoms with Gasteiger partial charge in [0.05, 0.1) is 23.0 Å². The van der Waals surface area contributed by atoms with Crippen molar-refractivity contribution in [2.75, 3.05) is 24.2 Å². The van der Waals surface area contributed by atoms with Crippen molar-refractivity contribution in [2.24, 2.45) is 0 Å². The molecule has 1 aromatic heterocycles. The first kappa shape index (κ1) is 12.7. The van der Waals surface area contributed by atoms with Crippen LogP contribution in [0.25, 0.3) is 0 Å². The molecule has 0 aliphatic heterocycles. The summed E-state index contributed by atoms with van der Waals surface area (Å²) in [5.41, 5.74) is 7.61. The lowest BCUT2D eigenvalue weighted by Gasteiger charge is -2.12. The highest BCUT2D eigenvalue weighted by Gasteiger charge is 2.05. The van der Waals surface area contributed by atoms with Crippen LogP contribution >= 0.6 is 11.3 Å². The summed E-state index contributed by atoms with van der Waals surface area (Å²) in [6.07, 6.45) is 2.72. The Morgan fingerprint density at radius 3 is 3.06 bits per heavy atom. The van der Waals surface area contributed by atoms with Gasteiger partial charge in [-0.25, -0.2) is 4.98 Å². The number of hydrogen-bond donors (Lipinski definition) is 2. The van der Waals surface area contributed by atoms with Crippen LogP contribution in [0.15, 0.2) is 29.8 Å². The van der Waals surface area contributed by atoms with E-state index in [9.17, 15) is 0 Å². The summed E-state index contributed by atoms with van der Waals surface area (Å²) in [5, 5.41) is 6.42. The molecule has 0 spiro atoms. The maximum atomic E-state index is 6.03. The number of rotatable bonds is 6. The zero-order valence-electron chi connectivity index (χ0n) is 10.3. The third-order valence-electron chi connectivity index (χ3n) is 2.50. The van der Waals surface area contributed by atoms with Gasteiger partial charge in [-0.3, -0.25) is 0 Å². The zero-order chi connectivity index (χ0) is 12.8. The summed E-state index contributed by atoms with van der Waals surface area (Å²) in [6, 6.07) is 5.78. The van der Waals surface area contributed by atoms with Gasteiger partial charge < -0.3 is 15.8 Å². The Bertz CT molecular complexity index is 485. The lowest BCUT2D eigenvalue weighted by atomic mass is 10.2. The molecule has 0 unspecified atom stereocenters. The Labute approximate surface area is 111 Å². The van der Waals surface area contributed by atoms with Gasteiger partial charge in [0.15, 0.2) is 0 Å². The number of benzene rings is 1. The van der Waals surface area contributed by atoms with Crippen LogP contribution in [0.3, 0.4) is 0 Å². The number of ether oxygens (including phenoxy) is 1. The van der Waals surface area contributed by atoms with Crippen LogP contribution in [-0.2, 0) is 6.42 Å². The maximum absolute atomic E-state index is 6.03. The van der Waals surface area contributed by atoms with Gasteiger partial charge >= 0.3 is 0 Å². The Hall–Kier alpha value is -1.75. The molecular weight excluding hydrogens is 246 g/mol. The minimum Gasteiger partial charge on any atom is -0.492 e. The highest BCUT2D eigenvalue weighted by molar-refractivity contribution is 7.09. The first-order chi connectivity index (χ1) is 8.81. The van der Waals surface area contributed by atoms with Crippen LogP contribution in [0, 0.1) is 0 Å². The van der Waals surface area contributed by atoms with Gasteiger partial charge in [0.2, 0.25) is 0 Å². The predicted octanol–water partition coefficient (Wildman–Crippen LogP) is 2.78. The molecule has 0 aliphatic carbocycles. The Kier molecular flexibility index (Phi) is 4.41. The number of nitrogens with two attached hydrogens (primary N) is 1. The van der Waals surface area contributed by atoms with Crippen LogP contribution < -0.4 is 15.8 Å². The minimum absolute atomic E-state index is 0.618. The highest BCUT2D eigenvalue weighted by Crippen LogP contribution is 2.29. The number of para-hydroxylation sites is 1. The van der Waals surface area contributed by atoms with Gasteiger partial charge in [0.1, 0.15) is 5.75 Å². The molecular formula is C13H17N3OS. The van der Waals surface area contributed by atoms with E-state index in [0.29, 0.717) is 12.3 Å². The monoisotopic (exact) mass is 263 g/mol. The number of hydrogen-bond acceptors (Lipinski definition) is 5. The molecule has 0 aliphatic rings. The normalized spacial score (nSPS) is 10.3. The number of thiazole rings is 1. The van der Waals surface area contributed by atoms with E-state index in [4.69, 9.17) is 10.5 Å². The molecule has 18 heavy (non-hydrogen) atoms. The van der Waals surface area contributed by atoms with Crippen molar-refractivity contribution in [1.29, 1.82) is 0 Å². The molecule has 96 valence electrons. The van der Waals surface area contributed by atoms with E-state index in [1.165, 1.54) is 0 Å². The maximum Gasteiger partial charge on any atom is 0.144 e. The molecule has 0 fully saturated rings. The highest BCUT2D eigenvalue weighted by atomic mass is 32.1. The van der Waals surface area contributed by atoms with Crippen LogP contribution in [0.2, 0.25) is 0 Å². The van der Waals surface area contributed by atoms with Crippen molar-refractivity contribution in [3.63, 3.8) is 0 Å². The van der Waals surface area contributed by atoms with E-state index in [-0.39, 0.29) is 0 Å². The van der Waals surface area contributed by atoms with Gasteiger partial charge in [0.25, 0.3) is 0 Å². The summed E-state index contributed by atoms with van der Waals surface area (Å²) < 4.78 is 5.45. The second-order valence-corrected chi connectivity index (χ2v) is 4.73. The van der Waals surface area contributed by atoms with Crippen molar-refractivity contribution in [3.05, 3.63) is 34.8 Å². The van der Waals surface area contributed by atoms with Gasteiger partial charge in [-0.2, -0.15) is 0 Å². The molecule has 0 atom stereocenters. The fraction of sp³-hybridized carbons (Fsp3) is 0.308. The van der Waals surface area contributed by atoms with Crippen LogP contribution in [0.5, 0.6) is 5.75 Å². The van der Waals surface area contributed by atoms with Crippen molar-refractivity contribution >= 4 is 22.7 Å². The quantitative estimate of drug-likeness (QED) is 0.787. The molecule has 1 heterocycles. The second kappa shape index (κ2) is 6.26. The third kappa shape index (κ3) is 3.13. The molecule has 5 heteroatoms. The number of nitrogen functional groups attached to an aromatic ring is 1. The lowest BCUT2D eigenvalue weighted by molar-refractivity contribution is 0.342. The Balaban J connectivity index is 1.94. The van der Waals surface area contributed by atoms with E-state index in [1.807, 2.05) is 36.7 Å². The molecule has 2 rings (SSSR count). The number of nitrogens with one attached hydrogen (secondary N) is 1. The van der Waals surface area contributed by atoms with Gasteiger partial charge in [0, 0.05) is 24.5 Å². The lowest BCUT2D eigenvalue weighted by Crippen LogP contribution is -2.07. The smallest absolute Gasteiger partial charge is 0.144 e. The van der Waals surface area contributed by atoms with Crippen molar-refractivity contribution in [1.82, 2.24) is 4.98 Å². The fourth-order valence-corrected chi connectivity index (χ4v) is 2.28.